The zero-order valence-corrected chi connectivity index (χ0v) is 12.3. The number of hydrogen-bond acceptors (Lipinski definition) is 4. The quantitative estimate of drug-likeness (QED) is 0.909. The van der Waals surface area contributed by atoms with Crippen LogP contribution < -0.4 is 11.1 Å². The highest BCUT2D eigenvalue weighted by atomic mass is 35.5. The lowest BCUT2D eigenvalue weighted by Gasteiger charge is -2.04. The second-order valence-corrected chi connectivity index (χ2v) is 5.87. The van der Waals surface area contributed by atoms with Crippen molar-refractivity contribution in [3.8, 4) is 0 Å². The van der Waals surface area contributed by atoms with Crippen molar-refractivity contribution in [3.05, 3.63) is 32.7 Å². The molecule has 5 nitrogen and oxygen atoms in total. The summed E-state index contributed by atoms with van der Waals surface area (Å²) in [5.41, 5.74) is 7.52. The van der Waals surface area contributed by atoms with Crippen LogP contribution in [0.5, 0.6) is 0 Å². The van der Waals surface area contributed by atoms with E-state index in [2.05, 4.69) is 10.4 Å². The summed E-state index contributed by atoms with van der Waals surface area (Å²) in [4.78, 5) is 13.1. The number of carbonyl (C=O) groups is 1. The fraction of sp³-hybridized carbons (Fsp3) is 0.333. The summed E-state index contributed by atoms with van der Waals surface area (Å²) in [5.74, 6) is -0.225. The molecule has 0 saturated heterocycles. The summed E-state index contributed by atoms with van der Waals surface area (Å²) in [6, 6.07) is 3.69. The van der Waals surface area contributed by atoms with E-state index < -0.39 is 0 Å². The van der Waals surface area contributed by atoms with Gasteiger partial charge in [0, 0.05) is 11.9 Å². The number of nitrogen functional groups attached to an aromatic ring is 1. The Morgan fingerprint density at radius 1 is 1.58 bits per heavy atom. The summed E-state index contributed by atoms with van der Waals surface area (Å²) in [6.45, 7) is 2.39. The highest BCUT2D eigenvalue weighted by molar-refractivity contribution is 7.16. The van der Waals surface area contributed by atoms with E-state index in [1.165, 1.54) is 16.0 Å². The first-order valence-electron chi connectivity index (χ1n) is 5.86. The van der Waals surface area contributed by atoms with Crippen molar-refractivity contribution in [3.63, 3.8) is 0 Å². The lowest BCUT2D eigenvalue weighted by atomic mass is 10.2. The van der Waals surface area contributed by atoms with Crippen LogP contribution in [0.25, 0.3) is 0 Å². The Bertz CT molecular complexity index is 605. The predicted octanol–water partition coefficient (Wildman–Crippen LogP) is 2.21. The largest absolute Gasteiger partial charge is 0.395 e. The molecule has 0 aliphatic carbocycles. The van der Waals surface area contributed by atoms with E-state index in [0.29, 0.717) is 28.7 Å². The smallest absolute Gasteiger partial charge is 0.271 e. The van der Waals surface area contributed by atoms with E-state index in [1.807, 2.05) is 13.0 Å². The minimum atomic E-state index is -0.225. The number of carbonyl (C=O) groups excluding carboxylic acids is 1. The summed E-state index contributed by atoms with van der Waals surface area (Å²) < 4.78 is 2.22. The Kier molecular flexibility index (Phi) is 4.11. The minimum absolute atomic E-state index is 0.225. The van der Waals surface area contributed by atoms with Crippen LogP contribution in [0, 0.1) is 0 Å². The number of aromatic nitrogens is 2. The predicted molar refractivity (Wildman–Crippen MR) is 77.5 cm³/mol. The number of hydrogen-bond donors (Lipinski definition) is 2. The SMILES string of the molecule is CCc1nn(C)c(C(=O)NCc2ccc(Cl)s2)c1N. The number of halogens is 1. The van der Waals surface area contributed by atoms with Crippen LogP contribution >= 0.6 is 22.9 Å². The van der Waals surface area contributed by atoms with Crippen molar-refractivity contribution in [1.82, 2.24) is 15.1 Å². The van der Waals surface area contributed by atoms with Crippen LogP contribution in [0.3, 0.4) is 0 Å². The highest BCUT2D eigenvalue weighted by Gasteiger charge is 2.18. The average molecular weight is 299 g/mol. The van der Waals surface area contributed by atoms with Crippen molar-refractivity contribution in [2.24, 2.45) is 7.05 Å². The lowest BCUT2D eigenvalue weighted by Crippen LogP contribution is -2.25. The van der Waals surface area contributed by atoms with Gasteiger partial charge >= 0.3 is 0 Å². The monoisotopic (exact) mass is 298 g/mol. The topological polar surface area (TPSA) is 72.9 Å². The van der Waals surface area contributed by atoms with Crippen molar-refractivity contribution in [1.29, 1.82) is 0 Å². The minimum Gasteiger partial charge on any atom is -0.395 e. The first-order valence-corrected chi connectivity index (χ1v) is 7.06. The second-order valence-electron chi connectivity index (χ2n) is 4.07. The van der Waals surface area contributed by atoms with Gasteiger partial charge < -0.3 is 11.1 Å². The van der Waals surface area contributed by atoms with Gasteiger partial charge in [0.2, 0.25) is 0 Å². The van der Waals surface area contributed by atoms with Crippen LogP contribution in [0.1, 0.15) is 28.0 Å². The average Bonchev–Trinajstić information content (AvgIpc) is 2.90. The van der Waals surface area contributed by atoms with Gasteiger partial charge in [0.15, 0.2) is 0 Å². The molecule has 0 bridgehead atoms. The van der Waals surface area contributed by atoms with Crippen molar-refractivity contribution in [2.45, 2.75) is 19.9 Å². The first-order chi connectivity index (χ1) is 9.02. The number of amides is 1. The molecule has 2 heterocycles. The van der Waals surface area contributed by atoms with Gasteiger partial charge in [-0.15, -0.1) is 11.3 Å². The molecule has 1 amide bonds. The molecule has 0 radical (unpaired) electrons. The van der Waals surface area contributed by atoms with Gasteiger partial charge in [-0.05, 0) is 18.6 Å². The molecular weight excluding hydrogens is 284 g/mol. The molecule has 0 aliphatic heterocycles. The Morgan fingerprint density at radius 2 is 2.32 bits per heavy atom. The van der Waals surface area contributed by atoms with Crippen molar-refractivity contribution >= 4 is 34.5 Å². The van der Waals surface area contributed by atoms with Gasteiger partial charge in [0.05, 0.1) is 22.3 Å². The molecule has 2 rings (SSSR count). The fourth-order valence-electron chi connectivity index (χ4n) is 1.82. The first kappa shape index (κ1) is 13.9. The third-order valence-electron chi connectivity index (χ3n) is 2.76. The lowest BCUT2D eigenvalue weighted by molar-refractivity contribution is 0.0943. The number of rotatable bonds is 4. The van der Waals surface area contributed by atoms with Crippen LogP contribution in [0.2, 0.25) is 4.34 Å². The number of thiophene rings is 1. The normalized spacial score (nSPS) is 10.7. The van der Waals surface area contributed by atoms with Crippen molar-refractivity contribution < 1.29 is 4.79 Å². The van der Waals surface area contributed by atoms with Crippen LogP contribution in [0.15, 0.2) is 12.1 Å². The Morgan fingerprint density at radius 3 is 2.84 bits per heavy atom. The summed E-state index contributed by atoms with van der Waals surface area (Å²) in [5, 5.41) is 7.04. The molecule has 3 N–H and O–H groups in total. The molecule has 0 unspecified atom stereocenters. The molecule has 2 aromatic heterocycles. The molecule has 0 spiro atoms. The van der Waals surface area contributed by atoms with Gasteiger partial charge in [-0.1, -0.05) is 18.5 Å². The summed E-state index contributed by atoms with van der Waals surface area (Å²) in [6.07, 6.45) is 0.702. The van der Waals surface area contributed by atoms with Crippen molar-refractivity contribution in [2.75, 3.05) is 5.73 Å². The third-order valence-corrected chi connectivity index (χ3v) is 3.99. The second kappa shape index (κ2) is 5.63. The molecule has 0 aromatic carbocycles. The number of aryl methyl sites for hydroxylation is 2. The molecule has 0 fully saturated rings. The number of nitrogens with zero attached hydrogens (tertiary/aromatic N) is 2. The zero-order valence-electron chi connectivity index (χ0n) is 10.7. The van der Waals surface area contributed by atoms with Gasteiger partial charge in [0.1, 0.15) is 5.69 Å². The van der Waals surface area contributed by atoms with E-state index in [9.17, 15) is 4.79 Å². The number of anilines is 1. The molecule has 7 heteroatoms. The van der Waals surface area contributed by atoms with Crippen LogP contribution in [0.4, 0.5) is 5.69 Å². The van der Waals surface area contributed by atoms with Gasteiger partial charge in [-0.2, -0.15) is 5.10 Å². The fourth-order valence-corrected chi connectivity index (χ4v) is 2.85. The van der Waals surface area contributed by atoms with E-state index in [4.69, 9.17) is 17.3 Å². The molecule has 102 valence electrons. The van der Waals surface area contributed by atoms with Gasteiger partial charge in [0.25, 0.3) is 5.91 Å². The molecule has 19 heavy (non-hydrogen) atoms. The third kappa shape index (κ3) is 2.90. The van der Waals surface area contributed by atoms with Crippen LogP contribution in [-0.2, 0) is 20.0 Å². The Balaban J connectivity index is 2.10. The maximum atomic E-state index is 12.1. The van der Waals surface area contributed by atoms with E-state index in [0.717, 1.165) is 10.6 Å². The highest BCUT2D eigenvalue weighted by Crippen LogP contribution is 2.21. The van der Waals surface area contributed by atoms with E-state index in [1.54, 1.807) is 13.1 Å². The summed E-state index contributed by atoms with van der Waals surface area (Å²) in [7, 11) is 1.71. The van der Waals surface area contributed by atoms with Gasteiger partial charge in [-0.25, -0.2) is 0 Å². The molecule has 2 aromatic rings. The standard InChI is InChI=1S/C12H15ClN4OS/c1-3-8-10(14)11(17(2)16-8)12(18)15-6-7-4-5-9(13)19-7/h4-5H,3,6,14H2,1-2H3,(H,15,18). The molecule has 0 atom stereocenters. The number of nitrogens with two attached hydrogens (primary N) is 1. The van der Waals surface area contributed by atoms with E-state index >= 15 is 0 Å². The Labute approximate surface area is 120 Å². The van der Waals surface area contributed by atoms with E-state index in [-0.39, 0.29) is 5.91 Å². The van der Waals surface area contributed by atoms with Crippen LogP contribution in [-0.4, -0.2) is 15.7 Å². The maximum Gasteiger partial charge on any atom is 0.271 e. The summed E-state index contributed by atoms with van der Waals surface area (Å²) >= 11 is 7.28. The molecular formula is C12H15ClN4OS. The van der Waals surface area contributed by atoms with Gasteiger partial charge in [-0.3, -0.25) is 9.48 Å². The number of nitrogens with one attached hydrogen (secondary N) is 1. The molecule has 0 saturated carbocycles. The maximum absolute atomic E-state index is 12.1. The molecule has 0 aliphatic rings. The zero-order chi connectivity index (χ0) is 14.0. The Hall–Kier alpha value is -1.53.